The van der Waals surface area contributed by atoms with Gasteiger partial charge in [0.15, 0.2) is 0 Å². The minimum absolute atomic E-state index is 0.187. The van der Waals surface area contributed by atoms with Crippen molar-refractivity contribution in [2.75, 3.05) is 19.7 Å². The smallest absolute Gasteiger partial charge is 0.0556 e. The van der Waals surface area contributed by atoms with Crippen molar-refractivity contribution in [2.24, 2.45) is 11.7 Å². The van der Waals surface area contributed by atoms with E-state index in [1.54, 1.807) is 0 Å². The van der Waals surface area contributed by atoms with Crippen LogP contribution in [0.3, 0.4) is 0 Å². The minimum atomic E-state index is 0.187. The maximum atomic E-state index is 8.56. The lowest BCUT2D eigenvalue weighted by Gasteiger charge is -2.22. The fourth-order valence-corrected chi connectivity index (χ4v) is 1.05. The summed E-state index contributed by atoms with van der Waals surface area (Å²) in [6, 6.07) is 0.354. The molecule has 11 heavy (non-hydrogen) atoms. The normalized spacial score (nSPS) is 16.4. The zero-order chi connectivity index (χ0) is 8.69. The van der Waals surface area contributed by atoms with Gasteiger partial charge in [0, 0.05) is 19.1 Å². The van der Waals surface area contributed by atoms with E-state index in [9.17, 15) is 0 Å². The van der Waals surface area contributed by atoms with Crippen molar-refractivity contribution >= 4 is 0 Å². The molecule has 3 nitrogen and oxygen atoms in total. The lowest BCUT2D eigenvalue weighted by Crippen LogP contribution is -2.42. The number of rotatable bonds is 6. The quantitative estimate of drug-likeness (QED) is 0.510. The molecular formula is C8H20N2O. The van der Waals surface area contributed by atoms with Gasteiger partial charge >= 0.3 is 0 Å². The van der Waals surface area contributed by atoms with Crippen LogP contribution < -0.4 is 11.1 Å². The van der Waals surface area contributed by atoms with Crippen molar-refractivity contribution in [1.82, 2.24) is 5.32 Å². The monoisotopic (exact) mass is 160 g/mol. The second-order valence-corrected chi connectivity index (χ2v) is 2.91. The Hall–Kier alpha value is -0.120. The van der Waals surface area contributed by atoms with Crippen LogP contribution >= 0.6 is 0 Å². The molecule has 0 radical (unpaired) electrons. The van der Waals surface area contributed by atoms with Crippen LogP contribution in [-0.2, 0) is 0 Å². The van der Waals surface area contributed by atoms with Gasteiger partial charge in [-0.25, -0.2) is 0 Å². The van der Waals surface area contributed by atoms with Crippen molar-refractivity contribution in [3.63, 3.8) is 0 Å². The highest BCUT2D eigenvalue weighted by atomic mass is 16.3. The molecule has 0 aromatic rings. The SMILES string of the molecule is CCC(C)C(CN)NCCO. The Balaban J connectivity index is 3.56. The summed E-state index contributed by atoms with van der Waals surface area (Å²) in [7, 11) is 0. The number of hydrogen-bond acceptors (Lipinski definition) is 3. The van der Waals surface area contributed by atoms with Gasteiger partial charge in [-0.05, 0) is 5.92 Å². The molecule has 0 amide bonds. The van der Waals surface area contributed by atoms with Crippen LogP contribution in [0, 0.1) is 5.92 Å². The van der Waals surface area contributed by atoms with Gasteiger partial charge in [-0.2, -0.15) is 0 Å². The summed E-state index contributed by atoms with van der Waals surface area (Å²) in [5.74, 6) is 0.589. The maximum Gasteiger partial charge on any atom is 0.0556 e. The third kappa shape index (κ3) is 4.35. The van der Waals surface area contributed by atoms with Gasteiger partial charge in [-0.15, -0.1) is 0 Å². The van der Waals surface area contributed by atoms with Crippen LogP contribution in [0.15, 0.2) is 0 Å². The van der Waals surface area contributed by atoms with Crippen molar-refractivity contribution in [1.29, 1.82) is 0 Å². The predicted octanol–water partition coefficient (Wildman–Crippen LogP) is -0.0583. The molecule has 0 saturated carbocycles. The molecule has 0 bridgehead atoms. The lowest BCUT2D eigenvalue weighted by atomic mass is 9.99. The Morgan fingerprint density at radius 3 is 2.55 bits per heavy atom. The first-order chi connectivity index (χ1) is 5.26. The van der Waals surface area contributed by atoms with E-state index in [2.05, 4.69) is 19.2 Å². The van der Waals surface area contributed by atoms with E-state index in [0.717, 1.165) is 6.42 Å². The summed E-state index contributed by atoms with van der Waals surface area (Å²) in [4.78, 5) is 0. The van der Waals surface area contributed by atoms with Crippen LogP contribution in [-0.4, -0.2) is 30.8 Å². The van der Waals surface area contributed by atoms with Crippen molar-refractivity contribution in [2.45, 2.75) is 26.3 Å². The Bertz CT molecular complexity index is 88.2. The molecule has 0 aromatic carbocycles. The summed E-state index contributed by atoms with van der Waals surface area (Å²) in [5.41, 5.74) is 5.55. The molecule has 0 rings (SSSR count). The summed E-state index contributed by atoms with van der Waals surface area (Å²) >= 11 is 0. The second-order valence-electron chi connectivity index (χ2n) is 2.91. The predicted molar refractivity (Wildman–Crippen MR) is 47.4 cm³/mol. The maximum absolute atomic E-state index is 8.56. The van der Waals surface area contributed by atoms with Gasteiger partial charge in [0.1, 0.15) is 0 Å². The molecule has 0 heterocycles. The van der Waals surface area contributed by atoms with Crippen LogP contribution in [0.25, 0.3) is 0 Å². The number of nitrogens with two attached hydrogens (primary N) is 1. The first kappa shape index (κ1) is 10.9. The highest BCUT2D eigenvalue weighted by Gasteiger charge is 2.11. The molecule has 0 aliphatic carbocycles. The van der Waals surface area contributed by atoms with Gasteiger partial charge in [-0.3, -0.25) is 0 Å². The Morgan fingerprint density at radius 2 is 2.18 bits per heavy atom. The minimum Gasteiger partial charge on any atom is -0.395 e. The molecule has 0 saturated heterocycles. The Labute approximate surface area is 69.0 Å². The number of aliphatic hydroxyl groups is 1. The number of nitrogens with one attached hydrogen (secondary N) is 1. The van der Waals surface area contributed by atoms with Gasteiger partial charge in [-0.1, -0.05) is 20.3 Å². The molecule has 0 aliphatic rings. The zero-order valence-corrected chi connectivity index (χ0v) is 7.51. The topological polar surface area (TPSA) is 58.3 Å². The fraction of sp³-hybridized carbons (Fsp3) is 1.00. The van der Waals surface area contributed by atoms with Crippen molar-refractivity contribution < 1.29 is 5.11 Å². The Kier molecular flexibility index (Phi) is 6.51. The van der Waals surface area contributed by atoms with Crippen molar-refractivity contribution in [3.05, 3.63) is 0 Å². The fourth-order valence-electron chi connectivity index (χ4n) is 1.05. The molecule has 0 aromatic heterocycles. The van der Waals surface area contributed by atoms with Gasteiger partial charge in [0.2, 0.25) is 0 Å². The van der Waals surface area contributed by atoms with Gasteiger partial charge < -0.3 is 16.2 Å². The van der Waals surface area contributed by atoms with E-state index in [0.29, 0.717) is 25.0 Å². The highest BCUT2D eigenvalue weighted by Crippen LogP contribution is 2.05. The van der Waals surface area contributed by atoms with E-state index in [-0.39, 0.29) is 6.61 Å². The third-order valence-electron chi connectivity index (χ3n) is 2.10. The molecule has 2 atom stereocenters. The standard InChI is InChI=1S/C8H20N2O/c1-3-7(2)8(6-9)10-4-5-11/h7-8,10-11H,3-6,9H2,1-2H3. The third-order valence-corrected chi connectivity index (χ3v) is 2.10. The summed E-state index contributed by atoms with van der Waals surface area (Å²) in [6.45, 7) is 5.80. The van der Waals surface area contributed by atoms with Gasteiger partial charge in [0.25, 0.3) is 0 Å². The zero-order valence-electron chi connectivity index (χ0n) is 7.51. The molecule has 0 spiro atoms. The average Bonchev–Trinajstić information content (AvgIpc) is 2.05. The average molecular weight is 160 g/mol. The molecule has 4 N–H and O–H groups in total. The van der Waals surface area contributed by atoms with Crippen molar-refractivity contribution in [3.8, 4) is 0 Å². The second kappa shape index (κ2) is 6.58. The summed E-state index contributed by atoms with van der Waals surface area (Å²) in [6.07, 6.45) is 1.13. The first-order valence-electron chi connectivity index (χ1n) is 4.30. The molecule has 3 heteroatoms. The van der Waals surface area contributed by atoms with Gasteiger partial charge in [0.05, 0.1) is 6.61 Å². The van der Waals surface area contributed by atoms with Crippen LogP contribution in [0.1, 0.15) is 20.3 Å². The van der Waals surface area contributed by atoms with E-state index in [1.807, 2.05) is 0 Å². The lowest BCUT2D eigenvalue weighted by molar-refractivity contribution is 0.270. The van der Waals surface area contributed by atoms with Crippen LogP contribution in [0.2, 0.25) is 0 Å². The number of aliphatic hydroxyl groups excluding tert-OH is 1. The summed E-state index contributed by atoms with van der Waals surface area (Å²) in [5, 5.41) is 11.8. The molecule has 0 aliphatic heterocycles. The van der Waals surface area contributed by atoms with E-state index in [1.165, 1.54) is 0 Å². The molecule has 68 valence electrons. The highest BCUT2D eigenvalue weighted by molar-refractivity contribution is 4.72. The molecule has 2 unspecified atom stereocenters. The van der Waals surface area contributed by atoms with Crippen LogP contribution in [0.4, 0.5) is 0 Å². The van der Waals surface area contributed by atoms with E-state index >= 15 is 0 Å². The largest absolute Gasteiger partial charge is 0.395 e. The van der Waals surface area contributed by atoms with Crippen LogP contribution in [0.5, 0.6) is 0 Å². The summed E-state index contributed by atoms with van der Waals surface area (Å²) < 4.78 is 0. The first-order valence-corrected chi connectivity index (χ1v) is 4.30. The Morgan fingerprint density at radius 1 is 1.55 bits per heavy atom. The number of hydrogen-bond donors (Lipinski definition) is 3. The molecule has 0 fully saturated rings. The van der Waals surface area contributed by atoms with E-state index < -0.39 is 0 Å². The van der Waals surface area contributed by atoms with E-state index in [4.69, 9.17) is 10.8 Å². The molecular weight excluding hydrogens is 140 g/mol.